The Morgan fingerprint density at radius 3 is 2.72 bits per heavy atom. The highest BCUT2D eigenvalue weighted by Gasteiger charge is 2.34. The number of anilines is 1. The number of benzene rings is 1. The van der Waals surface area contributed by atoms with Crippen LogP contribution >= 0.6 is 11.6 Å². The fourth-order valence-corrected chi connectivity index (χ4v) is 2.34. The van der Waals surface area contributed by atoms with Crippen molar-refractivity contribution in [2.45, 2.75) is 18.8 Å². The Morgan fingerprint density at radius 2 is 2.00 bits per heavy atom. The predicted molar refractivity (Wildman–Crippen MR) is 67.5 cm³/mol. The number of imidazole rings is 1. The molecule has 2 heterocycles. The van der Waals surface area contributed by atoms with E-state index in [1.54, 1.807) is 12.1 Å². The second kappa shape index (κ2) is 4.09. The van der Waals surface area contributed by atoms with Gasteiger partial charge >= 0.3 is 0 Å². The summed E-state index contributed by atoms with van der Waals surface area (Å²) in [5, 5.41) is 0.628. The van der Waals surface area contributed by atoms with Crippen molar-refractivity contribution >= 4 is 28.6 Å². The van der Waals surface area contributed by atoms with E-state index in [1.165, 1.54) is 0 Å². The lowest BCUT2D eigenvalue weighted by Gasteiger charge is -2.31. The number of nitrogens with zero attached hydrogens (tertiary/aromatic N) is 2. The maximum Gasteiger partial charge on any atom is 0.251 e. The number of fused-ring (bicyclic) bond motifs is 1. The molecule has 1 fully saturated rings. The molecule has 18 heavy (non-hydrogen) atoms. The van der Waals surface area contributed by atoms with Gasteiger partial charge in [0.2, 0.25) is 5.95 Å². The Kier molecular flexibility index (Phi) is 2.66. The van der Waals surface area contributed by atoms with Crippen molar-refractivity contribution in [3.63, 3.8) is 0 Å². The van der Waals surface area contributed by atoms with Gasteiger partial charge in [-0.05, 0) is 18.2 Å². The fourth-order valence-electron chi connectivity index (χ4n) is 2.16. The number of aromatic nitrogens is 2. The van der Waals surface area contributed by atoms with Crippen molar-refractivity contribution in [2.24, 2.45) is 0 Å². The first-order chi connectivity index (χ1) is 8.53. The van der Waals surface area contributed by atoms with E-state index in [4.69, 9.17) is 11.6 Å². The van der Waals surface area contributed by atoms with Gasteiger partial charge in [0.05, 0.1) is 11.0 Å². The first-order valence-electron chi connectivity index (χ1n) is 5.82. The average Bonchev–Trinajstić information content (AvgIpc) is 2.71. The lowest BCUT2D eigenvalue weighted by Crippen LogP contribution is -2.39. The van der Waals surface area contributed by atoms with Gasteiger partial charge in [-0.1, -0.05) is 11.6 Å². The molecular formula is C12H12ClF2N3. The van der Waals surface area contributed by atoms with Gasteiger partial charge in [0.25, 0.3) is 5.92 Å². The van der Waals surface area contributed by atoms with Gasteiger partial charge in [-0.2, -0.15) is 0 Å². The molecule has 96 valence electrons. The van der Waals surface area contributed by atoms with Crippen LogP contribution in [-0.4, -0.2) is 29.0 Å². The van der Waals surface area contributed by atoms with E-state index in [0.29, 0.717) is 24.1 Å². The molecule has 2 aromatic rings. The Morgan fingerprint density at radius 1 is 1.28 bits per heavy atom. The fraction of sp³-hybridized carbons (Fsp3) is 0.417. The Labute approximate surface area is 108 Å². The van der Waals surface area contributed by atoms with Crippen LogP contribution in [0.5, 0.6) is 0 Å². The number of piperidine rings is 1. The number of hydrogen-bond donors (Lipinski definition) is 1. The lowest BCUT2D eigenvalue weighted by atomic mass is 10.1. The second-order valence-corrected chi connectivity index (χ2v) is 5.00. The summed E-state index contributed by atoms with van der Waals surface area (Å²) in [4.78, 5) is 9.36. The Balaban J connectivity index is 1.87. The van der Waals surface area contributed by atoms with Crippen molar-refractivity contribution in [2.75, 3.05) is 18.0 Å². The third-order valence-corrected chi connectivity index (χ3v) is 3.46. The molecule has 0 amide bonds. The van der Waals surface area contributed by atoms with E-state index in [9.17, 15) is 8.78 Å². The minimum absolute atomic E-state index is 0.120. The maximum absolute atomic E-state index is 13.1. The first kappa shape index (κ1) is 11.7. The van der Waals surface area contributed by atoms with Crippen molar-refractivity contribution < 1.29 is 8.78 Å². The number of nitrogens with one attached hydrogen (secondary N) is 1. The standard InChI is InChI=1S/C12H12ClF2N3/c13-8-1-2-9-10(7-8)17-11(16-9)18-5-3-12(14,15)4-6-18/h1-2,7H,3-6H2,(H,16,17). The number of alkyl halides is 2. The number of aromatic amines is 1. The molecule has 1 aliphatic rings. The SMILES string of the molecule is FC1(F)CCN(c2nc3ccc(Cl)cc3[nH]2)CC1. The highest BCUT2D eigenvalue weighted by molar-refractivity contribution is 6.31. The third kappa shape index (κ3) is 2.14. The van der Waals surface area contributed by atoms with E-state index in [-0.39, 0.29) is 12.8 Å². The van der Waals surface area contributed by atoms with E-state index in [1.807, 2.05) is 11.0 Å². The highest BCUT2D eigenvalue weighted by Crippen LogP contribution is 2.30. The zero-order chi connectivity index (χ0) is 12.8. The van der Waals surface area contributed by atoms with Crippen LogP contribution in [0, 0.1) is 0 Å². The number of H-pyrrole nitrogens is 1. The molecule has 0 saturated carbocycles. The summed E-state index contributed by atoms with van der Waals surface area (Å²) in [6.07, 6.45) is -0.240. The molecule has 1 aromatic heterocycles. The quantitative estimate of drug-likeness (QED) is 0.861. The zero-order valence-corrected chi connectivity index (χ0v) is 10.3. The second-order valence-electron chi connectivity index (χ2n) is 4.56. The molecule has 0 atom stereocenters. The maximum atomic E-state index is 13.1. The molecule has 1 aliphatic heterocycles. The molecule has 1 N–H and O–H groups in total. The molecule has 3 nitrogen and oxygen atoms in total. The van der Waals surface area contributed by atoms with Gasteiger partial charge in [-0.3, -0.25) is 0 Å². The first-order valence-corrected chi connectivity index (χ1v) is 6.19. The number of rotatable bonds is 1. The smallest absolute Gasteiger partial charge is 0.251 e. The molecule has 1 aromatic carbocycles. The summed E-state index contributed by atoms with van der Waals surface area (Å²) < 4.78 is 26.2. The number of halogens is 3. The van der Waals surface area contributed by atoms with Gasteiger partial charge in [0.1, 0.15) is 0 Å². The normalized spacial score (nSPS) is 19.4. The molecule has 0 radical (unpaired) electrons. The molecule has 6 heteroatoms. The van der Waals surface area contributed by atoms with E-state index < -0.39 is 5.92 Å². The van der Waals surface area contributed by atoms with Crippen molar-refractivity contribution in [3.8, 4) is 0 Å². The van der Waals surface area contributed by atoms with Gasteiger partial charge in [-0.25, -0.2) is 13.8 Å². The van der Waals surface area contributed by atoms with E-state index >= 15 is 0 Å². The molecule has 0 unspecified atom stereocenters. The summed E-state index contributed by atoms with van der Waals surface area (Å²) in [6, 6.07) is 5.36. The largest absolute Gasteiger partial charge is 0.342 e. The van der Waals surface area contributed by atoms with Gasteiger partial charge in [0, 0.05) is 31.0 Å². The van der Waals surface area contributed by atoms with Crippen LogP contribution in [0.2, 0.25) is 5.02 Å². The Bertz CT molecular complexity index is 572. The summed E-state index contributed by atoms with van der Waals surface area (Å²) in [5.74, 6) is -1.89. The van der Waals surface area contributed by atoms with Crippen LogP contribution in [0.25, 0.3) is 11.0 Å². The van der Waals surface area contributed by atoms with Crippen LogP contribution in [0.4, 0.5) is 14.7 Å². The molecule has 0 spiro atoms. The number of hydrogen-bond acceptors (Lipinski definition) is 2. The summed E-state index contributed by atoms with van der Waals surface area (Å²) in [5.41, 5.74) is 1.63. The van der Waals surface area contributed by atoms with Crippen LogP contribution < -0.4 is 4.90 Å². The molecule has 0 bridgehead atoms. The Hall–Kier alpha value is -1.36. The average molecular weight is 272 g/mol. The predicted octanol–water partition coefficient (Wildman–Crippen LogP) is 3.45. The molecular weight excluding hydrogens is 260 g/mol. The molecule has 1 saturated heterocycles. The van der Waals surface area contributed by atoms with Gasteiger partial charge in [-0.15, -0.1) is 0 Å². The van der Waals surface area contributed by atoms with E-state index in [0.717, 1.165) is 11.0 Å². The van der Waals surface area contributed by atoms with Gasteiger partial charge < -0.3 is 9.88 Å². The monoisotopic (exact) mass is 271 g/mol. The van der Waals surface area contributed by atoms with Crippen LogP contribution in [0.3, 0.4) is 0 Å². The van der Waals surface area contributed by atoms with Crippen molar-refractivity contribution in [1.29, 1.82) is 0 Å². The molecule has 3 rings (SSSR count). The topological polar surface area (TPSA) is 31.9 Å². The van der Waals surface area contributed by atoms with Crippen molar-refractivity contribution in [1.82, 2.24) is 9.97 Å². The zero-order valence-electron chi connectivity index (χ0n) is 9.59. The minimum Gasteiger partial charge on any atom is -0.342 e. The van der Waals surface area contributed by atoms with Crippen LogP contribution in [-0.2, 0) is 0 Å². The van der Waals surface area contributed by atoms with Crippen LogP contribution in [0.15, 0.2) is 18.2 Å². The van der Waals surface area contributed by atoms with E-state index in [2.05, 4.69) is 9.97 Å². The summed E-state index contributed by atoms with van der Waals surface area (Å²) in [7, 11) is 0. The molecule has 0 aliphatic carbocycles. The summed E-state index contributed by atoms with van der Waals surface area (Å²) in [6.45, 7) is 0.640. The third-order valence-electron chi connectivity index (χ3n) is 3.23. The lowest BCUT2D eigenvalue weighted by molar-refractivity contribution is -0.0222. The van der Waals surface area contributed by atoms with Crippen molar-refractivity contribution in [3.05, 3.63) is 23.2 Å². The van der Waals surface area contributed by atoms with Gasteiger partial charge in [0.15, 0.2) is 0 Å². The van der Waals surface area contributed by atoms with Crippen LogP contribution in [0.1, 0.15) is 12.8 Å². The minimum atomic E-state index is -2.54. The summed E-state index contributed by atoms with van der Waals surface area (Å²) >= 11 is 5.89. The highest BCUT2D eigenvalue weighted by atomic mass is 35.5.